The minimum Gasteiger partial charge on any atom is -0.457 e. The standard InChI is InChI=1S/C22H20N2O3S/c23-18-17-6-4-5-15(13-7-8-16-14(11-13)12-27-22(16)26)19(17)28-20(18)21(25)24-9-2-1-3-10-24/h4-8,11H,1-3,9-10,12,23H2. The van der Waals surface area contributed by atoms with E-state index in [0.717, 1.165) is 52.7 Å². The summed E-state index contributed by atoms with van der Waals surface area (Å²) in [5, 5.41) is 0.913. The Hall–Kier alpha value is -2.86. The van der Waals surface area contributed by atoms with Gasteiger partial charge < -0.3 is 15.4 Å². The molecule has 1 saturated heterocycles. The van der Waals surface area contributed by atoms with E-state index in [2.05, 4.69) is 0 Å². The number of nitrogens with zero attached hydrogens (tertiary/aromatic N) is 1. The molecule has 2 aromatic carbocycles. The van der Waals surface area contributed by atoms with E-state index < -0.39 is 0 Å². The lowest BCUT2D eigenvalue weighted by Gasteiger charge is -2.26. The largest absolute Gasteiger partial charge is 0.457 e. The number of hydrogen-bond acceptors (Lipinski definition) is 5. The van der Waals surface area contributed by atoms with Crippen molar-refractivity contribution in [2.75, 3.05) is 18.8 Å². The third kappa shape index (κ3) is 2.67. The minimum absolute atomic E-state index is 0.0392. The lowest BCUT2D eigenvalue weighted by atomic mass is 9.99. The summed E-state index contributed by atoms with van der Waals surface area (Å²) in [4.78, 5) is 27.3. The van der Waals surface area contributed by atoms with E-state index in [1.54, 1.807) is 0 Å². The van der Waals surface area contributed by atoms with E-state index in [1.807, 2.05) is 41.3 Å². The average Bonchev–Trinajstić information content (AvgIpc) is 3.28. The molecule has 1 fully saturated rings. The Morgan fingerprint density at radius 3 is 2.71 bits per heavy atom. The van der Waals surface area contributed by atoms with Gasteiger partial charge >= 0.3 is 5.97 Å². The van der Waals surface area contributed by atoms with Gasteiger partial charge in [0, 0.05) is 28.7 Å². The number of rotatable bonds is 2. The third-order valence-electron chi connectivity index (χ3n) is 5.59. The molecular weight excluding hydrogens is 372 g/mol. The molecule has 0 atom stereocenters. The van der Waals surface area contributed by atoms with Gasteiger partial charge in [-0.3, -0.25) is 4.79 Å². The smallest absolute Gasteiger partial charge is 0.338 e. The fourth-order valence-electron chi connectivity index (χ4n) is 4.07. The minimum atomic E-state index is -0.269. The molecule has 3 aromatic rings. The summed E-state index contributed by atoms with van der Waals surface area (Å²) >= 11 is 1.47. The van der Waals surface area contributed by atoms with Crippen molar-refractivity contribution in [2.24, 2.45) is 0 Å². The van der Waals surface area contributed by atoms with E-state index in [0.29, 0.717) is 22.7 Å². The van der Waals surface area contributed by atoms with Crippen LogP contribution in [0.4, 0.5) is 5.69 Å². The molecular formula is C22H20N2O3S. The number of thiophene rings is 1. The molecule has 1 aromatic heterocycles. The average molecular weight is 392 g/mol. The van der Waals surface area contributed by atoms with Crippen molar-refractivity contribution in [3.05, 3.63) is 52.4 Å². The fourth-order valence-corrected chi connectivity index (χ4v) is 5.29. The highest BCUT2D eigenvalue weighted by atomic mass is 32.1. The van der Waals surface area contributed by atoms with Crippen LogP contribution in [0.25, 0.3) is 21.2 Å². The molecule has 3 heterocycles. The number of piperidine rings is 1. The summed E-state index contributed by atoms with van der Waals surface area (Å²) in [7, 11) is 0. The molecule has 142 valence electrons. The lowest BCUT2D eigenvalue weighted by molar-refractivity contribution is 0.0534. The van der Waals surface area contributed by atoms with Gasteiger partial charge in [-0.15, -0.1) is 11.3 Å². The highest BCUT2D eigenvalue weighted by molar-refractivity contribution is 7.22. The maximum Gasteiger partial charge on any atom is 0.338 e. The van der Waals surface area contributed by atoms with E-state index in [9.17, 15) is 9.59 Å². The monoisotopic (exact) mass is 392 g/mol. The van der Waals surface area contributed by atoms with Gasteiger partial charge in [0.2, 0.25) is 0 Å². The molecule has 0 aliphatic carbocycles. The molecule has 0 unspecified atom stereocenters. The van der Waals surface area contributed by atoms with Gasteiger partial charge in [-0.2, -0.15) is 0 Å². The summed E-state index contributed by atoms with van der Waals surface area (Å²) in [6.07, 6.45) is 3.29. The Kier molecular flexibility index (Phi) is 4.09. The fraction of sp³-hybridized carbons (Fsp3) is 0.273. The Balaban J connectivity index is 1.60. The molecule has 0 saturated carbocycles. The normalized spacial score (nSPS) is 16.3. The number of nitrogen functional groups attached to an aromatic ring is 1. The SMILES string of the molecule is Nc1c(C(=O)N2CCCCC2)sc2c(-c3ccc4c(c3)COC4=O)cccc12. The van der Waals surface area contributed by atoms with Crippen LogP contribution in [0.5, 0.6) is 0 Å². The van der Waals surface area contributed by atoms with Gasteiger partial charge in [-0.05, 0) is 42.5 Å². The number of likely N-dealkylation sites (tertiary alicyclic amines) is 1. The summed E-state index contributed by atoms with van der Waals surface area (Å²) in [5.41, 5.74) is 10.5. The maximum atomic E-state index is 13.0. The number of esters is 1. The maximum absolute atomic E-state index is 13.0. The second-order valence-corrected chi connectivity index (χ2v) is 8.35. The van der Waals surface area contributed by atoms with Gasteiger partial charge in [0.05, 0.1) is 11.3 Å². The second-order valence-electron chi connectivity index (χ2n) is 7.33. The van der Waals surface area contributed by atoms with Crippen molar-refractivity contribution in [3.63, 3.8) is 0 Å². The van der Waals surface area contributed by atoms with Crippen LogP contribution in [0.15, 0.2) is 36.4 Å². The van der Waals surface area contributed by atoms with Gasteiger partial charge in [-0.1, -0.05) is 24.3 Å². The first kappa shape index (κ1) is 17.3. The molecule has 2 aliphatic rings. The molecule has 5 rings (SSSR count). The quantitative estimate of drug-likeness (QED) is 0.654. The molecule has 6 heteroatoms. The molecule has 2 N–H and O–H groups in total. The van der Waals surface area contributed by atoms with Crippen LogP contribution in [-0.4, -0.2) is 29.9 Å². The van der Waals surface area contributed by atoms with Gasteiger partial charge in [0.25, 0.3) is 5.91 Å². The zero-order valence-corrected chi connectivity index (χ0v) is 16.2. The van der Waals surface area contributed by atoms with Crippen LogP contribution in [0.3, 0.4) is 0 Å². The molecule has 2 aliphatic heterocycles. The number of cyclic esters (lactones) is 1. The highest BCUT2D eigenvalue weighted by Gasteiger charge is 2.25. The summed E-state index contributed by atoms with van der Waals surface area (Å²) < 4.78 is 6.12. The van der Waals surface area contributed by atoms with Crippen molar-refractivity contribution >= 4 is 39.0 Å². The van der Waals surface area contributed by atoms with E-state index in [4.69, 9.17) is 10.5 Å². The van der Waals surface area contributed by atoms with Crippen molar-refractivity contribution in [2.45, 2.75) is 25.9 Å². The number of carbonyl (C=O) groups excluding carboxylic acids is 2. The zero-order chi connectivity index (χ0) is 19.3. The number of hydrogen-bond donors (Lipinski definition) is 1. The van der Waals surface area contributed by atoms with Crippen molar-refractivity contribution in [3.8, 4) is 11.1 Å². The van der Waals surface area contributed by atoms with E-state index in [-0.39, 0.29) is 11.9 Å². The number of anilines is 1. The molecule has 1 amide bonds. The van der Waals surface area contributed by atoms with Crippen LogP contribution in [0.1, 0.15) is 44.9 Å². The predicted molar refractivity (Wildman–Crippen MR) is 111 cm³/mol. The van der Waals surface area contributed by atoms with Crippen LogP contribution in [-0.2, 0) is 11.3 Å². The molecule has 0 radical (unpaired) electrons. The number of fused-ring (bicyclic) bond motifs is 2. The summed E-state index contributed by atoms with van der Waals surface area (Å²) in [6.45, 7) is 1.92. The summed E-state index contributed by atoms with van der Waals surface area (Å²) in [6, 6.07) is 11.7. The van der Waals surface area contributed by atoms with Crippen LogP contribution in [0.2, 0.25) is 0 Å². The molecule has 0 spiro atoms. The van der Waals surface area contributed by atoms with Gasteiger partial charge in [0.15, 0.2) is 0 Å². The highest BCUT2D eigenvalue weighted by Crippen LogP contribution is 2.41. The number of amides is 1. The lowest BCUT2D eigenvalue weighted by Crippen LogP contribution is -2.35. The Morgan fingerprint density at radius 1 is 1.07 bits per heavy atom. The first-order valence-corrected chi connectivity index (χ1v) is 10.4. The molecule has 28 heavy (non-hydrogen) atoms. The van der Waals surface area contributed by atoms with E-state index >= 15 is 0 Å². The molecule has 5 nitrogen and oxygen atoms in total. The molecule has 0 bridgehead atoms. The van der Waals surface area contributed by atoms with Crippen molar-refractivity contribution in [1.29, 1.82) is 0 Å². The first-order valence-electron chi connectivity index (χ1n) is 9.54. The Morgan fingerprint density at radius 2 is 1.89 bits per heavy atom. The second kappa shape index (κ2) is 6.63. The van der Waals surface area contributed by atoms with Crippen LogP contribution in [0, 0.1) is 0 Å². The number of ether oxygens (including phenoxy) is 1. The Bertz CT molecular complexity index is 1110. The zero-order valence-electron chi connectivity index (χ0n) is 15.4. The topological polar surface area (TPSA) is 72.6 Å². The van der Waals surface area contributed by atoms with Crippen LogP contribution >= 0.6 is 11.3 Å². The Labute approximate surface area is 166 Å². The van der Waals surface area contributed by atoms with Gasteiger partial charge in [-0.25, -0.2) is 4.79 Å². The summed E-state index contributed by atoms with van der Waals surface area (Å²) in [5.74, 6) is -0.230. The van der Waals surface area contributed by atoms with Gasteiger partial charge in [0.1, 0.15) is 11.5 Å². The first-order chi connectivity index (χ1) is 13.6. The van der Waals surface area contributed by atoms with Crippen LogP contribution < -0.4 is 5.73 Å². The number of benzene rings is 2. The van der Waals surface area contributed by atoms with Crippen molar-refractivity contribution in [1.82, 2.24) is 4.90 Å². The van der Waals surface area contributed by atoms with Crippen molar-refractivity contribution < 1.29 is 14.3 Å². The predicted octanol–water partition coefficient (Wildman–Crippen LogP) is 4.45. The number of carbonyl (C=O) groups is 2. The third-order valence-corrected chi connectivity index (χ3v) is 6.83. The number of nitrogens with two attached hydrogens (primary N) is 1. The van der Waals surface area contributed by atoms with E-state index in [1.165, 1.54) is 17.8 Å².